The SMILES string of the molecule is CC(C)OC(=O)c1c2c(N=O)c3ccccc3c(O)c2n2cc3ccccc3cc12. The third-order valence-electron chi connectivity index (χ3n) is 5.34. The fourth-order valence-electron chi connectivity index (χ4n) is 4.13. The molecule has 6 heteroatoms. The van der Waals surface area contributed by atoms with Crippen molar-refractivity contribution in [3.8, 4) is 5.75 Å². The summed E-state index contributed by atoms with van der Waals surface area (Å²) in [6.45, 7) is 3.53. The molecule has 148 valence electrons. The van der Waals surface area contributed by atoms with E-state index in [2.05, 4.69) is 5.18 Å². The number of phenolic OH excluding ortho intramolecular Hbond substituents is 1. The van der Waals surface area contributed by atoms with Crippen LogP contribution in [0.3, 0.4) is 0 Å². The van der Waals surface area contributed by atoms with E-state index in [9.17, 15) is 14.8 Å². The number of ether oxygens (including phenoxy) is 1. The van der Waals surface area contributed by atoms with Gasteiger partial charge in [0, 0.05) is 22.4 Å². The van der Waals surface area contributed by atoms with Crippen molar-refractivity contribution in [1.29, 1.82) is 0 Å². The molecule has 0 spiro atoms. The van der Waals surface area contributed by atoms with Gasteiger partial charge in [0.2, 0.25) is 0 Å². The molecule has 6 nitrogen and oxygen atoms in total. The number of fused-ring (bicyclic) bond motifs is 5. The minimum absolute atomic E-state index is 0.0121. The van der Waals surface area contributed by atoms with Gasteiger partial charge in [0.15, 0.2) is 0 Å². The molecule has 0 radical (unpaired) electrons. The summed E-state index contributed by atoms with van der Waals surface area (Å²) < 4.78 is 7.24. The fourth-order valence-corrected chi connectivity index (χ4v) is 4.13. The van der Waals surface area contributed by atoms with Crippen LogP contribution < -0.4 is 0 Å². The Morgan fingerprint density at radius 2 is 1.70 bits per heavy atom. The summed E-state index contributed by atoms with van der Waals surface area (Å²) in [7, 11) is 0. The Morgan fingerprint density at radius 3 is 2.40 bits per heavy atom. The van der Waals surface area contributed by atoms with Crippen LogP contribution in [-0.2, 0) is 4.74 Å². The molecule has 5 rings (SSSR count). The van der Waals surface area contributed by atoms with E-state index in [4.69, 9.17) is 4.74 Å². The Bertz CT molecular complexity index is 1500. The van der Waals surface area contributed by atoms with Gasteiger partial charge in [0.1, 0.15) is 11.4 Å². The highest BCUT2D eigenvalue weighted by molar-refractivity contribution is 6.24. The van der Waals surface area contributed by atoms with Crippen LogP contribution in [-0.4, -0.2) is 21.6 Å². The zero-order chi connectivity index (χ0) is 21.0. The molecule has 30 heavy (non-hydrogen) atoms. The van der Waals surface area contributed by atoms with Crippen molar-refractivity contribution in [1.82, 2.24) is 4.40 Å². The number of phenols is 1. The minimum Gasteiger partial charge on any atom is -0.505 e. The van der Waals surface area contributed by atoms with Crippen LogP contribution >= 0.6 is 0 Å². The molecule has 0 fully saturated rings. The molecule has 5 aromatic rings. The lowest BCUT2D eigenvalue weighted by molar-refractivity contribution is 0.0382. The monoisotopic (exact) mass is 398 g/mol. The molecule has 0 saturated carbocycles. The van der Waals surface area contributed by atoms with E-state index >= 15 is 0 Å². The second-order valence-corrected chi connectivity index (χ2v) is 7.54. The van der Waals surface area contributed by atoms with Gasteiger partial charge in [-0.2, -0.15) is 0 Å². The van der Waals surface area contributed by atoms with E-state index in [0.717, 1.165) is 10.8 Å². The van der Waals surface area contributed by atoms with E-state index in [1.807, 2.05) is 36.5 Å². The summed E-state index contributed by atoms with van der Waals surface area (Å²) in [6.07, 6.45) is 1.51. The standard InChI is InChI=1S/C24H18N2O4/c1-13(2)30-24(28)19-18-11-14-7-3-4-8-15(14)12-26(18)22-20(19)21(25-29)16-9-5-6-10-17(16)23(22)27/h3-13,27H,1-2H3. The molecule has 0 aliphatic heterocycles. The molecule has 0 amide bonds. The quantitative estimate of drug-likeness (QED) is 0.295. The molecule has 0 bridgehead atoms. The highest BCUT2D eigenvalue weighted by Crippen LogP contribution is 2.46. The second kappa shape index (κ2) is 6.56. The molecule has 2 aromatic heterocycles. The van der Waals surface area contributed by atoms with Crippen LogP contribution in [0.5, 0.6) is 5.75 Å². The molecule has 0 aliphatic rings. The third kappa shape index (κ3) is 2.47. The summed E-state index contributed by atoms with van der Waals surface area (Å²) in [6, 6.07) is 16.6. The molecule has 1 N–H and O–H groups in total. The number of nitroso groups, excluding NO2 is 1. The van der Waals surface area contributed by atoms with Gasteiger partial charge in [-0.3, -0.25) is 0 Å². The van der Waals surface area contributed by atoms with Crippen molar-refractivity contribution in [3.05, 3.63) is 71.3 Å². The predicted molar refractivity (Wildman–Crippen MR) is 118 cm³/mol. The van der Waals surface area contributed by atoms with Crippen LogP contribution in [0.1, 0.15) is 24.2 Å². The van der Waals surface area contributed by atoms with Crippen molar-refractivity contribution < 1.29 is 14.6 Å². The lowest BCUT2D eigenvalue weighted by Gasteiger charge is -2.09. The maximum absolute atomic E-state index is 13.1. The molecule has 0 saturated heterocycles. The van der Waals surface area contributed by atoms with Gasteiger partial charge < -0.3 is 14.2 Å². The fraction of sp³-hybridized carbons (Fsp3) is 0.125. The average molecular weight is 398 g/mol. The second-order valence-electron chi connectivity index (χ2n) is 7.54. The normalized spacial score (nSPS) is 11.7. The number of pyridine rings is 1. The third-order valence-corrected chi connectivity index (χ3v) is 5.34. The Hall–Kier alpha value is -3.93. The highest BCUT2D eigenvalue weighted by Gasteiger charge is 2.28. The van der Waals surface area contributed by atoms with Crippen LogP contribution in [0, 0.1) is 4.91 Å². The number of aromatic hydroxyl groups is 1. The summed E-state index contributed by atoms with van der Waals surface area (Å²) in [4.78, 5) is 25.1. The van der Waals surface area contributed by atoms with Crippen LogP contribution in [0.2, 0.25) is 0 Å². The number of rotatable bonds is 3. The van der Waals surface area contributed by atoms with Crippen LogP contribution in [0.4, 0.5) is 5.69 Å². The minimum atomic E-state index is -0.563. The number of carbonyl (C=O) groups is 1. The largest absolute Gasteiger partial charge is 0.505 e. The summed E-state index contributed by atoms with van der Waals surface area (Å²) in [5, 5.41) is 17.6. The molecular weight excluding hydrogens is 380 g/mol. The first-order valence-corrected chi connectivity index (χ1v) is 9.65. The van der Waals surface area contributed by atoms with Crippen molar-refractivity contribution in [2.75, 3.05) is 0 Å². The van der Waals surface area contributed by atoms with Crippen molar-refractivity contribution >= 4 is 49.6 Å². The number of aromatic nitrogens is 1. The molecule has 0 unspecified atom stereocenters. The van der Waals surface area contributed by atoms with Gasteiger partial charge in [-0.15, -0.1) is 4.91 Å². The number of hydrogen-bond acceptors (Lipinski definition) is 5. The Labute approximate surface area is 171 Å². The van der Waals surface area contributed by atoms with Gasteiger partial charge in [-0.05, 0) is 35.9 Å². The maximum atomic E-state index is 13.1. The number of hydrogen-bond donors (Lipinski definition) is 1. The smallest absolute Gasteiger partial charge is 0.341 e. The topological polar surface area (TPSA) is 80.4 Å². The number of benzene rings is 3. The van der Waals surface area contributed by atoms with E-state index in [1.165, 1.54) is 0 Å². The zero-order valence-corrected chi connectivity index (χ0v) is 16.4. The molecule has 0 atom stereocenters. The van der Waals surface area contributed by atoms with E-state index in [-0.39, 0.29) is 23.1 Å². The lowest BCUT2D eigenvalue weighted by Crippen LogP contribution is -2.11. The average Bonchev–Trinajstić information content (AvgIpc) is 3.06. The van der Waals surface area contributed by atoms with Crippen molar-refractivity contribution in [3.63, 3.8) is 0 Å². The molecule has 3 aromatic carbocycles. The Balaban J connectivity index is 2.08. The maximum Gasteiger partial charge on any atom is 0.341 e. The Kier molecular flexibility index (Phi) is 3.96. The number of carbonyl (C=O) groups excluding carboxylic acids is 1. The van der Waals surface area contributed by atoms with Gasteiger partial charge in [-0.1, -0.05) is 48.5 Å². The highest BCUT2D eigenvalue weighted by atomic mass is 16.5. The lowest BCUT2D eigenvalue weighted by atomic mass is 10.0. The summed E-state index contributed by atoms with van der Waals surface area (Å²) >= 11 is 0. The number of nitrogens with zero attached hydrogens (tertiary/aromatic N) is 2. The van der Waals surface area contributed by atoms with Crippen LogP contribution in [0.25, 0.3) is 38.0 Å². The summed E-state index contributed by atoms with van der Waals surface area (Å²) in [5.74, 6) is -0.575. The first-order chi connectivity index (χ1) is 14.5. The van der Waals surface area contributed by atoms with Gasteiger partial charge in [0.25, 0.3) is 0 Å². The van der Waals surface area contributed by atoms with E-state index in [1.54, 1.807) is 42.5 Å². The Morgan fingerprint density at radius 1 is 1.03 bits per heavy atom. The van der Waals surface area contributed by atoms with Gasteiger partial charge >= 0.3 is 5.97 Å². The van der Waals surface area contributed by atoms with Crippen molar-refractivity contribution in [2.45, 2.75) is 20.0 Å². The van der Waals surface area contributed by atoms with Crippen LogP contribution in [0.15, 0.2) is 66.0 Å². The summed E-state index contributed by atoms with van der Waals surface area (Å²) in [5.41, 5.74) is 1.24. The van der Waals surface area contributed by atoms with E-state index < -0.39 is 5.97 Å². The molecule has 2 heterocycles. The van der Waals surface area contributed by atoms with Gasteiger partial charge in [0.05, 0.1) is 22.7 Å². The number of esters is 1. The predicted octanol–water partition coefficient (Wildman–Crippen LogP) is 6.07. The molecular formula is C24H18N2O4. The van der Waals surface area contributed by atoms with Gasteiger partial charge in [-0.25, -0.2) is 4.79 Å². The zero-order valence-electron chi connectivity index (χ0n) is 16.4. The van der Waals surface area contributed by atoms with Crippen molar-refractivity contribution in [2.24, 2.45) is 5.18 Å². The molecule has 0 aliphatic carbocycles. The van der Waals surface area contributed by atoms with E-state index in [0.29, 0.717) is 27.2 Å². The first-order valence-electron chi connectivity index (χ1n) is 9.65. The first kappa shape index (κ1) is 18.1.